The molecule has 0 saturated carbocycles. The van der Waals surface area contributed by atoms with Crippen molar-refractivity contribution in [1.29, 1.82) is 0 Å². The molecule has 14 heavy (non-hydrogen) atoms. The third-order valence-electron chi connectivity index (χ3n) is 2.33. The van der Waals surface area contributed by atoms with Crippen LogP contribution in [0.3, 0.4) is 0 Å². The third-order valence-corrected chi connectivity index (χ3v) is 2.33. The number of aliphatic imine (C=N–C) groups is 1. The fourth-order valence-electron chi connectivity index (χ4n) is 1.41. The van der Waals surface area contributed by atoms with E-state index in [4.69, 9.17) is 0 Å². The smallest absolute Gasteiger partial charge is 0.0667 e. The summed E-state index contributed by atoms with van der Waals surface area (Å²) in [5, 5.41) is 3.28. The molecule has 0 aliphatic carbocycles. The number of aryl methyl sites for hydroxylation is 1. The number of nitrogens with zero attached hydrogens (tertiary/aromatic N) is 1. The fourth-order valence-corrected chi connectivity index (χ4v) is 1.41. The van der Waals surface area contributed by atoms with Gasteiger partial charge in [-0.3, -0.25) is 4.99 Å². The van der Waals surface area contributed by atoms with Crippen LogP contribution in [0.4, 0.5) is 0 Å². The SMILES string of the molecule is CC1=CN=C(c2ccc(C)cc2)CN1. The fraction of sp³-hybridized carbons (Fsp3) is 0.250. The van der Waals surface area contributed by atoms with E-state index in [0.29, 0.717) is 0 Å². The Morgan fingerprint density at radius 2 is 1.86 bits per heavy atom. The number of hydrogen-bond acceptors (Lipinski definition) is 2. The first kappa shape index (κ1) is 9.00. The van der Waals surface area contributed by atoms with Crippen molar-refractivity contribution >= 4 is 5.71 Å². The highest BCUT2D eigenvalue weighted by Crippen LogP contribution is 2.07. The van der Waals surface area contributed by atoms with Gasteiger partial charge in [0, 0.05) is 11.9 Å². The zero-order valence-corrected chi connectivity index (χ0v) is 8.54. The zero-order chi connectivity index (χ0) is 9.97. The van der Waals surface area contributed by atoms with Gasteiger partial charge in [0.2, 0.25) is 0 Å². The molecule has 1 N–H and O–H groups in total. The van der Waals surface area contributed by atoms with Crippen LogP contribution in [0, 0.1) is 6.92 Å². The summed E-state index contributed by atoms with van der Waals surface area (Å²) in [4.78, 5) is 4.40. The van der Waals surface area contributed by atoms with E-state index < -0.39 is 0 Å². The van der Waals surface area contributed by atoms with Gasteiger partial charge in [-0.05, 0) is 19.4 Å². The van der Waals surface area contributed by atoms with Crippen LogP contribution < -0.4 is 5.32 Å². The molecule has 0 radical (unpaired) electrons. The van der Waals surface area contributed by atoms with Crippen LogP contribution >= 0.6 is 0 Å². The van der Waals surface area contributed by atoms with Gasteiger partial charge in [0.15, 0.2) is 0 Å². The third kappa shape index (κ3) is 1.84. The van der Waals surface area contributed by atoms with Crippen molar-refractivity contribution in [1.82, 2.24) is 5.32 Å². The van der Waals surface area contributed by atoms with Gasteiger partial charge in [0.1, 0.15) is 0 Å². The lowest BCUT2D eigenvalue weighted by Gasteiger charge is -2.13. The summed E-state index contributed by atoms with van der Waals surface area (Å²) in [6, 6.07) is 8.46. The maximum atomic E-state index is 4.40. The van der Waals surface area contributed by atoms with Crippen molar-refractivity contribution in [3.63, 3.8) is 0 Å². The molecular formula is C12H14N2. The Labute approximate surface area is 84.4 Å². The molecule has 0 bridgehead atoms. The van der Waals surface area contributed by atoms with Gasteiger partial charge < -0.3 is 5.32 Å². The second-order valence-corrected chi connectivity index (χ2v) is 3.61. The molecule has 2 rings (SSSR count). The van der Waals surface area contributed by atoms with Crippen molar-refractivity contribution in [3.8, 4) is 0 Å². The van der Waals surface area contributed by atoms with Crippen LogP contribution in [0.15, 0.2) is 41.2 Å². The van der Waals surface area contributed by atoms with Crippen molar-refractivity contribution in [2.45, 2.75) is 13.8 Å². The molecule has 1 aromatic carbocycles. The van der Waals surface area contributed by atoms with Crippen molar-refractivity contribution < 1.29 is 0 Å². The summed E-state index contributed by atoms with van der Waals surface area (Å²) in [7, 11) is 0. The Morgan fingerprint density at radius 3 is 2.43 bits per heavy atom. The number of hydrogen-bond donors (Lipinski definition) is 1. The first-order valence-corrected chi connectivity index (χ1v) is 4.80. The highest BCUT2D eigenvalue weighted by Gasteiger charge is 2.05. The topological polar surface area (TPSA) is 24.4 Å². The Hall–Kier alpha value is -1.57. The zero-order valence-electron chi connectivity index (χ0n) is 8.54. The minimum atomic E-state index is 0.825. The second-order valence-electron chi connectivity index (χ2n) is 3.61. The van der Waals surface area contributed by atoms with Gasteiger partial charge in [0.05, 0.1) is 12.3 Å². The van der Waals surface area contributed by atoms with Gasteiger partial charge in [-0.25, -0.2) is 0 Å². The minimum absolute atomic E-state index is 0.825. The van der Waals surface area contributed by atoms with Crippen LogP contribution in [0.25, 0.3) is 0 Å². The predicted molar refractivity (Wildman–Crippen MR) is 59.5 cm³/mol. The van der Waals surface area contributed by atoms with Crippen LogP contribution in [0.1, 0.15) is 18.1 Å². The van der Waals surface area contributed by atoms with Crippen LogP contribution in [-0.2, 0) is 0 Å². The lowest BCUT2D eigenvalue weighted by atomic mass is 10.1. The molecule has 0 unspecified atom stereocenters. The highest BCUT2D eigenvalue weighted by molar-refractivity contribution is 6.03. The second kappa shape index (κ2) is 3.66. The quantitative estimate of drug-likeness (QED) is 0.714. The Bertz CT molecular complexity index is 385. The monoisotopic (exact) mass is 186 g/mol. The van der Waals surface area contributed by atoms with Gasteiger partial charge in [-0.1, -0.05) is 29.8 Å². The summed E-state index contributed by atoms with van der Waals surface area (Å²) < 4.78 is 0. The largest absolute Gasteiger partial charge is 0.382 e. The van der Waals surface area contributed by atoms with E-state index >= 15 is 0 Å². The average Bonchev–Trinajstić information content (AvgIpc) is 2.21. The molecule has 1 aromatic rings. The van der Waals surface area contributed by atoms with Crippen LogP contribution in [0.2, 0.25) is 0 Å². The molecule has 0 fully saturated rings. The molecule has 72 valence electrons. The molecule has 0 amide bonds. The van der Waals surface area contributed by atoms with Crippen molar-refractivity contribution in [2.75, 3.05) is 6.54 Å². The number of allylic oxidation sites excluding steroid dienone is 1. The molecule has 0 saturated heterocycles. The average molecular weight is 186 g/mol. The van der Waals surface area contributed by atoms with E-state index in [-0.39, 0.29) is 0 Å². The Balaban J connectivity index is 2.28. The summed E-state index contributed by atoms with van der Waals surface area (Å²) in [6.45, 7) is 4.94. The van der Waals surface area contributed by atoms with Gasteiger partial charge in [0.25, 0.3) is 0 Å². The highest BCUT2D eigenvalue weighted by atomic mass is 14.9. The van der Waals surface area contributed by atoms with Crippen LogP contribution in [-0.4, -0.2) is 12.3 Å². The molecule has 0 atom stereocenters. The molecule has 0 spiro atoms. The molecule has 1 heterocycles. The molecular weight excluding hydrogens is 172 g/mol. The number of nitrogens with one attached hydrogen (secondary N) is 1. The summed E-state index contributed by atoms with van der Waals surface area (Å²) in [5.41, 5.74) is 4.72. The van der Waals surface area contributed by atoms with Crippen molar-refractivity contribution in [3.05, 3.63) is 47.3 Å². The molecule has 2 heteroatoms. The van der Waals surface area contributed by atoms with E-state index in [2.05, 4.69) is 41.5 Å². The Kier molecular flexibility index (Phi) is 2.35. The number of benzene rings is 1. The Morgan fingerprint density at radius 1 is 1.14 bits per heavy atom. The standard InChI is InChI=1S/C12H14N2/c1-9-3-5-11(6-4-9)12-8-13-10(2)7-14-12/h3-7,13H,8H2,1-2H3. The molecule has 0 aromatic heterocycles. The summed E-state index contributed by atoms with van der Waals surface area (Å²) >= 11 is 0. The van der Waals surface area contributed by atoms with Crippen LogP contribution in [0.5, 0.6) is 0 Å². The molecule has 1 aliphatic rings. The predicted octanol–water partition coefficient (Wildman–Crippen LogP) is 2.25. The summed E-state index contributed by atoms with van der Waals surface area (Å²) in [5.74, 6) is 0. The van der Waals surface area contributed by atoms with E-state index in [9.17, 15) is 0 Å². The molecule has 1 aliphatic heterocycles. The first-order valence-electron chi connectivity index (χ1n) is 4.80. The summed E-state index contributed by atoms with van der Waals surface area (Å²) in [6.07, 6.45) is 1.87. The first-order chi connectivity index (χ1) is 6.75. The van der Waals surface area contributed by atoms with E-state index in [1.54, 1.807) is 0 Å². The maximum Gasteiger partial charge on any atom is 0.0667 e. The van der Waals surface area contributed by atoms with E-state index in [1.807, 2.05) is 13.1 Å². The lowest BCUT2D eigenvalue weighted by molar-refractivity contribution is 0.901. The minimum Gasteiger partial charge on any atom is -0.382 e. The lowest BCUT2D eigenvalue weighted by Crippen LogP contribution is -2.24. The number of rotatable bonds is 1. The van der Waals surface area contributed by atoms with E-state index in [1.165, 1.54) is 11.1 Å². The van der Waals surface area contributed by atoms with E-state index in [0.717, 1.165) is 18.0 Å². The van der Waals surface area contributed by atoms with Gasteiger partial charge >= 0.3 is 0 Å². The van der Waals surface area contributed by atoms with Gasteiger partial charge in [-0.15, -0.1) is 0 Å². The van der Waals surface area contributed by atoms with Crippen molar-refractivity contribution in [2.24, 2.45) is 4.99 Å². The maximum absolute atomic E-state index is 4.40. The molecule has 2 nitrogen and oxygen atoms in total. The normalized spacial score (nSPS) is 15.6. The van der Waals surface area contributed by atoms with Gasteiger partial charge in [-0.2, -0.15) is 0 Å².